The van der Waals surface area contributed by atoms with Crippen LogP contribution in [-0.4, -0.2) is 80.6 Å². The first-order valence-electron chi connectivity index (χ1n) is 20.7. The summed E-state index contributed by atoms with van der Waals surface area (Å²) in [6.07, 6.45) is 2.28. The van der Waals surface area contributed by atoms with Crippen LogP contribution in [0.3, 0.4) is 0 Å². The Bertz CT molecular complexity index is 3030. The molecule has 0 aromatic heterocycles. The van der Waals surface area contributed by atoms with E-state index in [1.54, 1.807) is 18.2 Å². The minimum atomic E-state index is -4.61. The molecule has 2 amide bonds. The topological polar surface area (TPSA) is 204 Å². The average molecular weight is 891 g/mol. The maximum atomic E-state index is 13.0. The average Bonchev–Trinajstić information content (AvgIpc) is 3.98. The Labute approximate surface area is 363 Å². The Balaban J connectivity index is 1.03. The number of benzene rings is 5. The van der Waals surface area contributed by atoms with E-state index in [0.717, 1.165) is 61.2 Å². The molecule has 324 valence electrons. The van der Waals surface area contributed by atoms with Gasteiger partial charge >= 0.3 is 5.97 Å². The van der Waals surface area contributed by atoms with Crippen molar-refractivity contribution in [1.82, 2.24) is 14.5 Å². The molecule has 0 spiro atoms. The van der Waals surface area contributed by atoms with Crippen molar-refractivity contribution >= 4 is 66.8 Å². The molecule has 10 rings (SSSR count). The van der Waals surface area contributed by atoms with Gasteiger partial charge in [0.05, 0.1) is 21.8 Å². The highest BCUT2D eigenvalue weighted by Gasteiger charge is 2.36. The number of imide groups is 1. The van der Waals surface area contributed by atoms with Crippen molar-refractivity contribution < 1.29 is 50.3 Å². The number of carbonyl (C=O) groups excluding carboxylic acids is 3. The highest BCUT2D eigenvalue weighted by molar-refractivity contribution is 8.19. The van der Waals surface area contributed by atoms with E-state index in [-0.39, 0.29) is 22.6 Å². The second kappa shape index (κ2) is 15.7. The number of nitrogens with zero attached hydrogens (tertiary/aromatic N) is 4. The van der Waals surface area contributed by atoms with E-state index in [4.69, 9.17) is 9.25 Å². The Kier molecular flexibility index (Phi) is 10.2. The number of fused-ring (bicyclic) bond motifs is 4. The Hall–Kier alpha value is -5.92. The van der Waals surface area contributed by atoms with Crippen LogP contribution in [0.15, 0.2) is 111 Å². The second-order valence-electron chi connectivity index (χ2n) is 16.4. The van der Waals surface area contributed by atoms with Crippen LogP contribution >= 0.6 is 10.9 Å². The van der Waals surface area contributed by atoms with Crippen molar-refractivity contribution in [3.63, 3.8) is 0 Å². The SMILES string of the molecule is O=C(ON1C(=O)CCC1=O)C1CCN(Cc2ccccc2-c2c3ccc(=[N+]4CCc5cc(S(O)(O)O)ccc54)cc-3oc3cc(N4CCc5cc(S(=O)(=O)[O-])ccc54)ccc23)CC1. The molecule has 4 aromatic carbocycles. The number of piperidine rings is 1. The van der Waals surface area contributed by atoms with E-state index in [1.807, 2.05) is 42.5 Å². The van der Waals surface area contributed by atoms with E-state index in [0.29, 0.717) is 74.8 Å². The van der Waals surface area contributed by atoms with Gasteiger partial charge in [0.1, 0.15) is 32.3 Å². The molecule has 4 aromatic rings. The van der Waals surface area contributed by atoms with Gasteiger partial charge in [0.15, 0.2) is 6.54 Å². The third-order valence-corrected chi connectivity index (χ3v) is 14.3. The summed E-state index contributed by atoms with van der Waals surface area (Å²) in [5, 5.41) is 2.34. The molecule has 6 aliphatic rings. The molecular weight excluding hydrogens is 849 g/mol. The molecule has 5 aliphatic heterocycles. The molecule has 0 bridgehead atoms. The quantitative estimate of drug-likeness (QED) is 0.0619. The molecule has 3 N–H and O–H groups in total. The predicted octanol–water partition coefficient (Wildman–Crippen LogP) is 6.86. The number of rotatable bonds is 8. The van der Waals surface area contributed by atoms with Crippen LogP contribution in [0, 0.1) is 5.92 Å². The fourth-order valence-electron chi connectivity index (χ4n) is 9.40. The Morgan fingerprint density at radius 1 is 0.794 bits per heavy atom. The number of hydroxylamine groups is 2. The van der Waals surface area contributed by atoms with E-state index >= 15 is 0 Å². The summed E-state index contributed by atoms with van der Waals surface area (Å²) in [5.41, 5.74) is 8.67. The fraction of sp³-hybridized carbons (Fsp3) is 0.261. The monoisotopic (exact) mass is 890 g/mol. The lowest BCUT2D eigenvalue weighted by molar-refractivity contribution is -0.201. The Morgan fingerprint density at radius 3 is 2.30 bits per heavy atom. The minimum absolute atomic E-state index is 0.0411. The molecule has 63 heavy (non-hydrogen) atoms. The lowest BCUT2D eigenvalue weighted by atomic mass is 9.90. The summed E-state index contributed by atoms with van der Waals surface area (Å²) in [6.45, 7) is 2.98. The third-order valence-electron chi connectivity index (χ3n) is 12.6. The maximum absolute atomic E-state index is 13.0. The molecule has 0 unspecified atom stereocenters. The van der Waals surface area contributed by atoms with Crippen LogP contribution in [0.2, 0.25) is 0 Å². The molecule has 2 saturated heterocycles. The zero-order chi connectivity index (χ0) is 43.8. The number of carbonyl (C=O) groups is 3. The molecular formula is C46H42N4O11S2. The summed E-state index contributed by atoms with van der Waals surface area (Å²) >= 11 is 0. The van der Waals surface area contributed by atoms with Crippen molar-refractivity contribution in [2.75, 3.05) is 31.1 Å². The third kappa shape index (κ3) is 7.69. The molecule has 15 nitrogen and oxygen atoms in total. The first-order chi connectivity index (χ1) is 30.2. The lowest BCUT2D eigenvalue weighted by Gasteiger charge is -2.31. The van der Waals surface area contributed by atoms with Crippen molar-refractivity contribution in [2.45, 2.75) is 54.9 Å². The minimum Gasteiger partial charge on any atom is -0.744 e. The first-order valence-corrected chi connectivity index (χ1v) is 23.6. The van der Waals surface area contributed by atoms with Gasteiger partial charge in [-0.05, 0) is 97.6 Å². The summed E-state index contributed by atoms with van der Waals surface area (Å²) in [6, 6.07) is 29.7. The van der Waals surface area contributed by atoms with Gasteiger partial charge in [-0.25, -0.2) is 13.2 Å². The molecule has 0 saturated carbocycles. The van der Waals surface area contributed by atoms with Gasteiger partial charge in [-0.1, -0.05) is 24.3 Å². The van der Waals surface area contributed by atoms with E-state index in [1.165, 1.54) is 18.2 Å². The van der Waals surface area contributed by atoms with Gasteiger partial charge in [0, 0.05) is 84.0 Å². The molecule has 5 heterocycles. The zero-order valence-corrected chi connectivity index (χ0v) is 35.4. The molecule has 17 heteroatoms. The summed E-state index contributed by atoms with van der Waals surface area (Å²) < 4.78 is 74.0. The maximum Gasteiger partial charge on any atom is 0.336 e. The number of hydrogen-bond donors (Lipinski definition) is 3. The van der Waals surface area contributed by atoms with Gasteiger partial charge in [-0.3, -0.25) is 14.5 Å². The number of likely N-dealkylation sites (tertiary alicyclic amines) is 1. The van der Waals surface area contributed by atoms with Crippen LogP contribution in [0.5, 0.6) is 0 Å². The smallest absolute Gasteiger partial charge is 0.336 e. The summed E-state index contributed by atoms with van der Waals surface area (Å²) in [5.74, 6) is -1.37. The number of amides is 2. The highest BCUT2D eigenvalue weighted by Crippen LogP contribution is 2.46. The fourth-order valence-corrected chi connectivity index (χ4v) is 10.5. The van der Waals surface area contributed by atoms with E-state index in [9.17, 15) is 41.0 Å². The van der Waals surface area contributed by atoms with Gasteiger partial charge in [0.25, 0.3) is 11.8 Å². The molecule has 0 radical (unpaired) electrons. The summed E-state index contributed by atoms with van der Waals surface area (Å²) in [4.78, 5) is 46.5. The van der Waals surface area contributed by atoms with Crippen LogP contribution in [0.4, 0.5) is 17.1 Å². The highest BCUT2D eigenvalue weighted by atomic mass is 32.3. The first kappa shape index (κ1) is 41.1. The Morgan fingerprint density at radius 2 is 1.54 bits per heavy atom. The standard InChI is InChI=1S/C46H42N4O11S2/c51-43-13-14-44(52)50(43)61-46(53)28-15-19-47(20-16-28)27-31-3-1-2-4-36(31)45-37-9-5-32(48-21-17-29-23-34(62(54,55)56)7-11-39(29)48)25-41(37)60-42-26-33(6-10-38(42)45)49-22-18-30-24-35(63(57,58)59)8-12-40(30)49/h1-12,23-26,28H,13-22,27H2,(H3-,54,55,56,57,58,59). The van der Waals surface area contributed by atoms with Crippen LogP contribution < -0.4 is 14.8 Å². The second-order valence-corrected chi connectivity index (χ2v) is 19.3. The van der Waals surface area contributed by atoms with Crippen molar-refractivity contribution in [3.8, 4) is 22.5 Å². The summed E-state index contributed by atoms with van der Waals surface area (Å²) in [7, 11) is -8.47. The zero-order valence-electron chi connectivity index (χ0n) is 33.8. The number of anilines is 2. The van der Waals surface area contributed by atoms with Crippen LogP contribution in [-0.2, 0) is 48.7 Å². The normalized spacial score (nSPS) is 18.4. The van der Waals surface area contributed by atoms with Crippen LogP contribution in [0.1, 0.15) is 42.4 Å². The van der Waals surface area contributed by atoms with E-state index < -0.39 is 44.7 Å². The largest absolute Gasteiger partial charge is 0.744 e. The van der Waals surface area contributed by atoms with Crippen LogP contribution in [0.25, 0.3) is 33.4 Å². The van der Waals surface area contributed by atoms with Gasteiger partial charge in [-0.2, -0.15) is 4.58 Å². The number of hydrogen-bond acceptors (Lipinski definition) is 13. The van der Waals surface area contributed by atoms with Crippen molar-refractivity contribution in [1.29, 1.82) is 0 Å². The molecule has 0 atom stereocenters. The van der Waals surface area contributed by atoms with Crippen molar-refractivity contribution in [2.24, 2.45) is 5.92 Å². The van der Waals surface area contributed by atoms with Crippen molar-refractivity contribution in [3.05, 3.63) is 119 Å². The lowest BCUT2D eigenvalue weighted by Crippen LogP contribution is -2.40. The van der Waals surface area contributed by atoms with E-state index in [2.05, 4.69) is 32.6 Å². The predicted molar refractivity (Wildman–Crippen MR) is 232 cm³/mol. The van der Waals surface area contributed by atoms with Gasteiger partial charge in [0.2, 0.25) is 11.0 Å². The van der Waals surface area contributed by atoms with Gasteiger partial charge in [-0.15, -0.1) is 5.06 Å². The molecule has 1 aliphatic carbocycles. The van der Waals surface area contributed by atoms with Gasteiger partial charge < -0.3 is 32.4 Å². The molecule has 2 fully saturated rings.